The smallest absolute Gasteiger partial charge is 0.255 e. The van der Waals surface area contributed by atoms with E-state index in [-0.39, 0.29) is 17.5 Å². The predicted octanol–water partition coefficient (Wildman–Crippen LogP) is -0.371. The van der Waals surface area contributed by atoms with Crippen LogP contribution in [-0.2, 0) is 20.0 Å². The molecule has 0 aromatic heterocycles. The van der Waals surface area contributed by atoms with E-state index in [4.69, 9.17) is 5.73 Å². The molecule has 7 N–H and O–H groups in total. The topological polar surface area (TPSA) is 182 Å². The van der Waals surface area contributed by atoms with Gasteiger partial charge in [-0.05, 0) is 39.1 Å². The fraction of sp³-hybridized carbons (Fsp3) is 0.409. The van der Waals surface area contributed by atoms with Crippen molar-refractivity contribution in [1.29, 1.82) is 0 Å². The molecule has 3 aliphatic rings. The molecule has 10 nitrogen and oxygen atoms in total. The van der Waals surface area contributed by atoms with Gasteiger partial charge >= 0.3 is 0 Å². The summed E-state index contributed by atoms with van der Waals surface area (Å²) in [5.74, 6) is -7.90. The number of benzene rings is 1. The van der Waals surface area contributed by atoms with Crippen LogP contribution in [0.5, 0.6) is 5.75 Å². The SMILES string of the molecule is CN(C)[C@@H]1C(=O)C(C(N)=O)=C(O)[C@@]2(O)C(=O)C3=C(O)c4c(O)cccc4[C@](C)(O)[C@H]3C[C@@H]12. The number of phenolic OH excluding ortho intramolecular Hbond substituents is 1. The van der Waals surface area contributed by atoms with Crippen LogP contribution in [0.4, 0.5) is 0 Å². The van der Waals surface area contributed by atoms with Crippen molar-refractivity contribution >= 4 is 23.2 Å². The van der Waals surface area contributed by atoms with E-state index in [1.54, 1.807) is 0 Å². The number of aromatic hydroxyl groups is 1. The maximum Gasteiger partial charge on any atom is 0.255 e. The van der Waals surface area contributed by atoms with Crippen LogP contribution in [0.15, 0.2) is 35.1 Å². The number of nitrogens with two attached hydrogens (primary N) is 1. The minimum absolute atomic E-state index is 0.170. The van der Waals surface area contributed by atoms with Crippen molar-refractivity contribution in [2.24, 2.45) is 17.6 Å². The Labute approximate surface area is 182 Å². The van der Waals surface area contributed by atoms with E-state index in [0.717, 1.165) is 0 Å². The number of hydrogen-bond donors (Lipinski definition) is 6. The Morgan fingerprint density at radius 2 is 1.78 bits per heavy atom. The number of hydrogen-bond acceptors (Lipinski definition) is 9. The van der Waals surface area contributed by atoms with Crippen molar-refractivity contribution in [3.8, 4) is 5.75 Å². The minimum Gasteiger partial charge on any atom is -0.508 e. The van der Waals surface area contributed by atoms with Gasteiger partial charge in [0.05, 0.1) is 17.2 Å². The number of ketones is 2. The fourth-order valence-electron chi connectivity index (χ4n) is 5.50. The molecule has 3 aliphatic carbocycles. The number of fused-ring (bicyclic) bond motifs is 3. The Kier molecular flexibility index (Phi) is 4.57. The Morgan fingerprint density at radius 1 is 1.16 bits per heavy atom. The number of aliphatic hydroxyl groups is 4. The van der Waals surface area contributed by atoms with Crippen molar-refractivity contribution in [3.63, 3.8) is 0 Å². The van der Waals surface area contributed by atoms with Crippen LogP contribution in [-0.4, -0.2) is 73.6 Å². The standard InChI is InChI=1S/C22H24N2O8/c1-21(31)8-5-4-6-11(25)12(8)16(26)13-9(21)7-10-15(24(2)3)17(27)14(20(23)30)19(29)22(10,32)18(13)28/h4-6,9-10,15,25-26,29,31-32H,7H2,1-3H3,(H2,23,30)/t9-,10-,15-,21-,22-/m0/s1. The fourth-order valence-corrected chi connectivity index (χ4v) is 5.50. The first kappa shape index (κ1) is 22.0. The number of primary amides is 1. The summed E-state index contributed by atoms with van der Waals surface area (Å²) in [6.07, 6.45) is -0.200. The van der Waals surface area contributed by atoms with Crippen LogP contribution in [0.1, 0.15) is 24.5 Å². The van der Waals surface area contributed by atoms with Crippen molar-refractivity contribution in [2.45, 2.75) is 30.6 Å². The quantitative estimate of drug-likeness (QED) is 0.332. The van der Waals surface area contributed by atoms with E-state index in [1.807, 2.05) is 0 Å². The van der Waals surface area contributed by atoms with Crippen molar-refractivity contribution in [2.75, 3.05) is 14.1 Å². The number of likely N-dealkylation sites (N-methyl/N-ethyl adjacent to an activating group) is 1. The van der Waals surface area contributed by atoms with E-state index in [1.165, 1.54) is 44.1 Å². The molecule has 1 aromatic rings. The number of carbonyl (C=O) groups is 3. The minimum atomic E-state index is -2.75. The highest BCUT2D eigenvalue weighted by Gasteiger charge is 2.66. The van der Waals surface area contributed by atoms with Gasteiger partial charge in [-0.25, -0.2) is 0 Å². The average Bonchev–Trinajstić information content (AvgIpc) is 2.68. The molecule has 0 saturated heterocycles. The van der Waals surface area contributed by atoms with Crippen LogP contribution in [0.3, 0.4) is 0 Å². The number of aliphatic hydroxyl groups excluding tert-OH is 2. The summed E-state index contributed by atoms with van der Waals surface area (Å²) < 4.78 is 0. The second kappa shape index (κ2) is 6.64. The molecule has 10 heteroatoms. The van der Waals surface area contributed by atoms with Gasteiger partial charge in [0.1, 0.15) is 22.8 Å². The summed E-state index contributed by atoms with van der Waals surface area (Å²) in [6, 6.07) is 3.02. The van der Waals surface area contributed by atoms with Gasteiger partial charge < -0.3 is 31.3 Å². The molecule has 32 heavy (non-hydrogen) atoms. The number of phenols is 1. The molecule has 0 bridgehead atoms. The normalized spacial score (nSPS) is 34.4. The van der Waals surface area contributed by atoms with Crippen LogP contribution in [0.25, 0.3) is 5.76 Å². The molecule has 1 saturated carbocycles. The first-order valence-corrected chi connectivity index (χ1v) is 9.97. The summed E-state index contributed by atoms with van der Waals surface area (Å²) >= 11 is 0. The van der Waals surface area contributed by atoms with E-state index < -0.39 is 75.0 Å². The van der Waals surface area contributed by atoms with Gasteiger partial charge in [-0.1, -0.05) is 12.1 Å². The number of Topliss-reactive ketones (excluding diaryl/α,β-unsaturated/α-hetero) is 2. The molecule has 5 atom stereocenters. The Hall–Kier alpha value is -3.21. The molecule has 1 amide bonds. The number of rotatable bonds is 2. The van der Waals surface area contributed by atoms with Gasteiger partial charge in [-0.3, -0.25) is 19.3 Å². The first-order chi connectivity index (χ1) is 14.8. The third-order valence-corrected chi connectivity index (χ3v) is 7.02. The third-order valence-electron chi connectivity index (χ3n) is 7.02. The molecular weight excluding hydrogens is 420 g/mol. The molecule has 1 fully saturated rings. The van der Waals surface area contributed by atoms with Gasteiger partial charge in [0.15, 0.2) is 11.4 Å². The average molecular weight is 444 g/mol. The number of carbonyl (C=O) groups excluding carboxylic acids is 3. The van der Waals surface area contributed by atoms with E-state index in [0.29, 0.717) is 0 Å². The monoisotopic (exact) mass is 444 g/mol. The van der Waals surface area contributed by atoms with Crippen LogP contribution >= 0.6 is 0 Å². The highest BCUT2D eigenvalue weighted by atomic mass is 16.3. The second-order valence-corrected chi connectivity index (χ2v) is 8.96. The van der Waals surface area contributed by atoms with Gasteiger partial charge in [-0.2, -0.15) is 0 Å². The Balaban J connectivity index is 2.05. The lowest BCUT2D eigenvalue weighted by molar-refractivity contribution is -0.159. The van der Waals surface area contributed by atoms with E-state index >= 15 is 0 Å². The molecule has 0 aliphatic heterocycles. The first-order valence-electron chi connectivity index (χ1n) is 9.97. The van der Waals surface area contributed by atoms with Crippen LogP contribution in [0, 0.1) is 11.8 Å². The number of nitrogens with zero attached hydrogens (tertiary/aromatic N) is 1. The summed E-state index contributed by atoms with van der Waals surface area (Å²) in [7, 11) is 3.01. The second-order valence-electron chi connectivity index (χ2n) is 8.96. The lowest BCUT2D eigenvalue weighted by Crippen LogP contribution is -2.67. The van der Waals surface area contributed by atoms with Crippen LogP contribution in [0.2, 0.25) is 0 Å². The molecular formula is C22H24N2O8. The molecule has 0 unspecified atom stereocenters. The largest absolute Gasteiger partial charge is 0.508 e. The Bertz CT molecular complexity index is 1150. The van der Waals surface area contributed by atoms with Crippen molar-refractivity contribution in [3.05, 3.63) is 46.2 Å². The molecule has 0 radical (unpaired) electrons. The van der Waals surface area contributed by atoms with Crippen LogP contribution < -0.4 is 5.73 Å². The zero-order chi connectivity index (χ0) is 23.9. The molecule has 0 spiro atoms. The highest BCUT2D eigenvalue weighted by molar-refractivity contribution is 6.24. The number of amides is 1. The van der Waals surface area contributed by atoms with E-state index in [2.05, 4.69) is 0 Å². The highest BCUT2D eigenvalue weighted by Crippen LogP contribution is 2.57. The van der Waals surface area contributed by atoms with Gasteiger partial charge in [0.25, 0.3) is 5.91 Å². The maximum atomic E-state index is 13.7. The lowest BCUT2D eigenvalue weighted by Gasteiger charge is -2.53. The zero-order valence-corrected chi connectivity index (χ0v) is 17.7. The van der Waals surface area contributed by atoms with Crippen molar-refractivity contribution < 1.29 is 39.9 Å². The third kappa shape index (κ3) is 2.48. The van der Waals surface area contributed by atoms with E-state index in [9.17, 15) is 39.9 Å². The van der Waals surface area contributed by atoms with Crippen molar-refractivity contribution in [1.82, 2.24) is 4.90 Å². The summed E-state index contributed by atoms with van der Waals surface area (Å²) in [5, 5.41) is 54.9. The van der Waals surface area contributed by atoms with Gasteiger partial charge in [-0.15, -0.1) is 0 Å². The molecule has 1 aromatic carbocycles. The zero-order valence-electron chi connectivity index (χ0n) is 17.7. The molecule has 4 rings (SSSR count). The molecule has 170 valence electrons. The van der Waals surface area contributed by atoms with Gasteiger partial charge in [0, 0.05) is 17.4 Å². The maximum absolute atomic E-state index is 13.7. The summed E-state index contributed by atoms with van der Waals surface area (Å²) in [4.78, 5) is 40.0. The predicted molar refractivity (Wildman–Crippen MR) is 110 cm³/mol. The lowest BCUT2D eigenvalue weighted by atomic mass is 9.54. The van der Waals surface area contributed by atoms with Gasteiger partial charge in [0.2, 0.25) is 5.78 Å². The summed E-state index contributed by atoms with van der Waals surface area (Å²) in [5.41, 5.74) is -0.548. The Morgan fingerprint density at radius 3 is 2.34 bits per heavy atom. The summed E-state index contributed by atoms with van der Waals surface area (Å²) in [6.45, 7) is 1.40. The molecule has 0 heterocycles.